The Bertz CT molecular complexity index is 333. The summed E-state index contributed by atoms with van der Waals surface area (Å²) >= 11 is 0. The third kappa shape index (κ3) is 1.64. The van der Waals surface area contributed by atoms with Crippen LogP contribution in [0.2, 0.25) is 0 Å². The minimum atomic E-state index is -0.949. The van der Waals surface area contributed by atoms with Gasteiger partial charge in [-0.2, -0.15) is 0 Å². The lowest BCUT2D eigenvalue weighted by Gasteiger charge is -2.29. The Kier molecular flexibility index (Phi) is 2.36. The minimum absolute atomic E-state index is 0.0172. The molecule has 0 bridgehead atoms. The molecule has 0 aliphatic carbocycles. The van der Waals surface area contributed by atoms with Crippen LogP contribution >= 0.6 is 0 Å². The number of cyclic esters (lactones) is 1. The molecule has 0 aromatic heterocycles. The second-order valence-electron chi connectivity index (χ2n) is 5.68. The van der Waals surface area contributed by atoms with Crippen molar-refractivity contribution >= 4 is 12.1 Å². The van der Waals surface area contributed by atoms with Crippen LogP contribution in [0.3, 0.4) is 0 Å². The summed E-state index contributed by atoms with van der Waals surface area (Å²) in [4.78, 5) is 23.8. The lowest BCUT2D eigenvalue weighted by Crippen LogP contribution is -2.36. The predicted molar refractivity (Wildman–Crippen MR) is 55.9 cm³/mol. The first-order chi connectivity index (χ1) is 7.30. The van der Waals surface area contributed by atoms with E-state index in [0.29, 0.717) is 6.54 Å². The number of esters is 1. The number of ether oxygens (including phenoxy) is 1. The van der Waals surface area contributed by atoms with Gasteiger partial charge in [-0.05, 0) is 5.41 Å². The van der Waals surface area contributed by atoms with Crippen molar-refractivity contribution < 1.29 is 19.4 Å². The van der Waals surface area contributed by atoms with Crippen molar-refractivity contribution in [3.63, 3.8) is 0 Å². The molecule has 0 aromatic rings. The molecule has 3 atom stereocenters. The van der Waals surface area contributed by atoms with Crippen LogP contribution in [0.4, 0.5) is 4.79 Å². The predicted octanol–water partition coefficient (Wildman–Crippen LogP) is 1.18. The van der Waals surface area contributed by atoms with Crippen molar-refractivity contribution in [3.8, 4) is 0 Å². The zero-order valence-electron chi connectivity index (χ0n) is 9.77. The van der Waals surface area contributed by atoms with Crippen LogP contribution < -0.4 is 0 Å². The second kappa shape index (κ2) is 3.37. The zero-order chi connectivity index (χ0) is 12.1. The summed E-state index contributed by atoms with van der Waals surface area (Å²) in [6.45, 7) is 6.73. The van der Waals surface area contributed by atoms with Crippen molar-refractivity contribution in [2.45, 2.75) is 26.9 Å². The van der Waals surface area contributed by atoms with Crippen molar-refractivity contribution in [2.24, 2.45) is 17.3 Å². The van der Waals surface area contributed by atoms with Gasteiger partial charge in [0, 0.05) is 19.0 Å². The fourth-order valence-electron chi connectivity index (χ4n) is 2.66. The van der Waals surface area contributed by atoms with Crippen molar-refractivity contribution in [1.29, 1.82) is 0 Å². The highest BCUT2D eigenvalue weighted by Gasteiger charge is 2.54. The number of carbonyl (C=O) groups is 2. The lowest BCUT2D eigenvalue weighted by molar-refractivity contribution is -0.148. The van der Waals surface area contributed by atoms with Gasteiger partial charge in [0.05, 0.1) is 5.92 Å². The van der Waals surface area contributed by atoms with Gasteiger partial charge in [-0.1, -0.05) is 20.8 Å². The third-order valence-electron chi connectivity index (χ3n) is 3.42. The van der Waals surface area contributed by atoms with Crippen molar-refractivity contribution in [2.75, 3.05) is 13.1 Å². The Labute approximate surface area is 94.4 Å². The van der Waals surface area contributed by atoms with E-state index in [1.54, 1.807) is 0 Å². The van der Waals surface area contributed by atoms with Crippen LogP contribution in [0.25, 0.3) is 0 Å². The molecule has 1 N–H and O–H groups in total. The topological polar surface area (TPSA) is 66.8 Å². The Morgan fingerprint density at radius 2 is 2.06 bits per heavy atom. The molecular weight excluding hydrogens is 210 g/mol. The van der Waals surface area contributed by atoms with E-state index < -0.39 is 6.09 Å². The molecule has 5 heteroatoms. The number of carbonyl (C=O) groups excluding carboxylic acids is 1. The first-order valence-electron chi connectivity index (χ1n) is 5.49. The van der Waals surface area contributed by atoms with Crippen molar-refractivity contribution in [1.82, 2.24) is 4.90 Å². The monoisotopic (exact) mass is 227 g/mol. The average Bonchev–Trinajstić information content (AvgIpc) is 2.65. The second-order valence-corrected chi connectivity index (χ2v) is 5.68. The van der Waals surface area contributed by atoms with Gasteiger partial charge in [0.25, 0.3) is 0 Å². The van der Waals surface area contributed by atoms with Gasteiger partial charge in [0.1, 0.15) is 6.10 Å². The van der Waals surface area contributed by atoms with Crippen LogP contribution in [0.1, 0.15) is 20.8 Å². The summed E-state index contributed by atoms with van der Waals surface area (Å²) in [6.07, 6.45) is -1.12. The Balaban J connectivity index is 2.19. The minimum Gasteiger partial charge on any atom is -0.465 e. The van der Waals surface area contributed by atoms with E-state index in [1.807, 2.05) is 20.8 Å². The van der Waals surface area contributed by atoms with Crippen LogP contribution in [0.15, 0.2) is 0 Å². The molecule has 2 aliphatic heterocycles. The summed E-state index contributed by atoms with van der Waals surface area (Å²) < 4.78 is 5.36. The molecule has 3 unspecified atom stereocenters. The number of hydrogen-bond donors (Lipinski definition) is 1. The molecule has 16 heavy (non-hydrogen) atoms. The summed E-state index contributed by atoms with van der Waals surface area (Å²) in [5, 5.41) is 8.92. The highest BCUT2D eigenvalue weighted by Crippen LogP contribution is 2.42. The fourth-order valence-corrected chi connectivity index (χ4v) is 2.66. The van der Waals surface area contributed by atoms with Gasteiger partial charge < -0.3 is 14.7 Å². The number of amides is 1. The first-order valence-corrected chi connectivity index (χ1v) is 5.49. The molecule has 0 aromatic carbocycles. The highest BCUT2D eigenvalue weighted by molar-refractivity contribution is 5.78. The Morgan fingerprint density at radius 3 is 2.56 bits per heavy atom. The Hall–Kier alpha value is -1.26. The maximum atomic E-state index is 11.6. The summed E-state index contributed by atoms with van der Waals surface area (Å²) in [7, 11) is 0. The Morgan fingerprint density at radius 1 is 1.44 bits per heavy atom. The van der Waals surface area contributed by atoms with E-state index in [0.717, 1.165) is 0 Å². The standard InChI is InChI=1S/C11H17NO4/c1-11(2,3)8-6-4-12(10(14)15)5-7(6)9(13)16-8/h6-8H,4-5H2,1-3H3,(H,14,15). The van der Waals surface area contributed by atoms with Crippen LogP contribution in [0, 0.1) is 17.3 Å². The van der Waals surface area contributed by atoms with Gasteiger partial charge in [-0.3, -0.25) is 4.79 Å². The lowest BCUT2D eigenvalue weighted by atomic mass is 9.79. The van der Waals surface area contributed by atoms with Gasteiger partial charge in [-0.25, -0.2) is 4.79 Å². The molecule has 2 heterocycles. The highest BCUT2D eigenvalue weighted by atomic mass is 16.6. The van der Waals surface area contributed by atoms with Crippen LogP contribution in [-0.2, 0) is 9.53 Å². The summed E-state index contributed by atoms with van der Waals surface area (Å²) in [5.74, 6) is -0.488. The van der Waals surface area contributed by atoms with Gasteiger partial charge in [0.2, 0.25) is 0 Å². The SMILES string of the molecule is CC(C)(C)C1OC(=O)C2CN(C(=O)O)CC21. The first kappa shape index (κ1) is 11.2. The number of fused-ring (bicyclic) bond motifs is 1. The largest absolute Gasteiger partial charge is 0.465 e. The molecule has 0 saturated carbocycles. The number of hydrogen-bond acceptors (Lipinski definition) is 3. The number of likely N-dealkylation sites (tertiary alicyclic amines) is 1. The number of carboxylic acid groups (broad SMARTS) is 1. The molecule has 1 amide bonds. The zero-order valence-corrected chi connectivity index (χ0v) is 9.77. The maximum absolute atomic E-state index is 11.6. The van der Waals surface area contributed by atoms with Crippen LogP contribution in [0.5, 0.6) is 0 Å². The third-order valence-corrected chi connectivity index (χ3v) is 3.42. The number of nitrogens with zero attached hydrogens (tertiary/aromatic N) is 1. The van der Waals surface area contributed by atoms with E-state index in [4.69, 9.17) is 9.84 Å². The normalized spacial score (nSPS) is 33.8. The quantitative estimate of drug-likeness (QED) is 0.631. The molecule has 90 valence electrons. The molecule has 0 spiro atoms. The molecule has 2 rings (SSSR count). The molecule has 2 saturated heterocycles. The van der Waals surface area contributed by atoms with Crippen LogP contribution in [-0.4, -0.2) is 41.3 Å². The summed E-state index contributed by atoms with van der Waals surface area (Å²) in [6, 6.07) is 0. The molecule has 2 fully saturated rings. The van der Waals surface area contributed by atoms with E-state index in [-0.39, 0.29) is 35.9 Å². The fraction of sp³-hybridized carbons (Fsp3) is 0.818. The maximum Gasteiger partial charge on any atom is 0.407 e. The van der Waals surface area contributed by atoms with Gasteiger partial charge >= 0.3 is 12.1 Å². The molecule has 5 nitrogen and oxygen atoms in total. The number of rotatable bonds is 0. The van der Waals surface area contributed by atoms with E-state index in [2.05, 4.69) is 0 Å². The van der Waals surface area contributed by atoms with E-state index in [9.17, 15) is 9.59 Å². The van der Waals surface area contributed by atoms with Gasteiger partial charge in [0.15, 0.2) is 0 Å². The van der Waals surface area contributed by atoms with Crippen molar-refractivity contribution in [3.05, 3.63) is 0 Å². The van der Waals surface area contributed by atoms with Gasteiger partial charge in [-0.15, -0.1) is 0 Å². The summed E-state index contributed by atoms with van der Waals surface area (Å²) in [5.41, 5.74) is -0.135. The molecule has 0 radical (unpaired) electrons. The van der Waals surface area contributed by atoms with E-state index >= 15 is 0 Å². The average molecular weight is 227 g/mol. The smallest absolute Gasteiger partial charge is 0.407 e. The molecule has 2 aliphatic rings. The van der Waals surface area contributed by atoms with E-state index in [1.165, 1.54) is 4.90 Å². The molecular formula is C11H17NO4.